The van der Waals surface area contributed by atoms with Gasteiger partial charge in [-0.05, 0) is 29.8 Å². The van der Waals surface area contributed by atoms with Gasteiger partial charge >= 0.3 is 0 Å². The van der Waals surface area contributed by atoms with Crippen LogP contribution >= 0.6 is 27.5 Å². The van der Waals surface area contributed by atoms with E-state index < -0.39 is 6.17 Å². The van der Waals surface area contributed by atoms with E-state index in [1.807, 2.05) is 24.4 Å². The predicted molar refractivity (Wildman–Crippen MR) is 82.7 cm³/mol. The quantitative estimate of drug-likeness (QED) is 0.635. The molecule has 0 aliphatic heterocycles. The highest BCUT2D eigenvalue weighted by molar-refractivity contribution is 9.10. The first-order valence-electron chi connectivity index (χ1n) is 6.15. The number of hydrogen-bond donors (Lipinski definition) is 0. The molecular weight excluding hydrogens is 343 g/mol. The van der Waals surface area contributed by atoms with E-state index in [1.54, 1.807) is 28.9 Å². The van der Waals surface area contributed by atoms with E-state index in [4.69, 9.17) is 11.6 Å². The monoisotopic (exact) mass is 352 g/mol. The van der Waals surface area contributed by atoms with Crippen LogP contribution in [0, 0.1) is 0 Å². The van der Waals surface area contributed by atoms with Crippen LogP contribution in [0.3, 0.4) is 0 Å². The summed E-state index contributed by atoms with van der Waals surface area (Å²) in [5.41, 5.74) is 1.45. The van der Waals surface area contributed by atoms with Crippen LogP contribution in [0.2, 0.25) is 5.02 Å². The van der Waals surface area contributed by atoms with Gasteiger partial charge < -0.3 is 0 Å². The number of hydrogen-bond acceptors (Lipinski definition) is 1. The highest BCUT2D eigenvalue weighted by Crippen LogP contribution is 2.25. The highest BCUT2D eigenvalue weighted by Gasteiger charge is 2.12. The van der Waals surface area contributed by atoms with Crippen molar-refractivity contribution in [3.63, 3.8) is 0 Å². The summed E-state index contributed by atoms with van der Waals surface area (Å²) in [4.78, 5) is 0. The van der Waals surface area contributed by atoms with Crippen molar-refractivity contribution in [2.24, 2.45) is 0 Å². The SMILES string of the molecule is FC(Cn1cc2c(Br)cccc2n1)c1ccc(Cl)cc1. The second-order valence-electron chi connectivity index (χ2n) is 4.54. The second kappa shape index (κ2) is 5.54. The number of rotatable bonds is 3. The van der Waals surface area contributed by atoms with Gasteiger partial charge in [0, 0.05) is 21.1 Å². The van der Waals surface area contributed by atoms with Crippen molar-refractivity contribution >= 4 is 38.4 Å². The van der Waals surface area contributed by atoms with Crippen LogP contribution in [0.4, 0.5) is 4.39 Å². The summed E-state index contributed by atoms with van der Waals surface area (Å²) in [6, 6.07) is 12.6. The lowest BCUT2D eigenvalue weighted by molar-refractivity contribution is 0.293. The molecule has 1 atom stereocenters. The molecule has 0 aliphatic rings. The fourth-order valence-electron chi connectivity index (χ4n) is 2.09. The minimum atomic E-state index is -1.11. The average Bonchev–Trinajstić information content (AvgIpc) is 2.83. The molecule has 1 aromatic heterocycles. The zero-order valence-electron chi connectivity index (χ0n) is 10.4. The van der Waals surface area contributed by atoms with Gasteiger partial charge in [-0.2, -0.15) is 5.10 Å². The molecule has 0 spiro atoms. The molecule has 3 rings (SSSR count). The van der Waals surface area contributed by atoms with E-state index in [2.05, 4.69) is 21.0 Å². The maximum atomic E-state index is 14.3. The van der Waals surface area contributed by atoms with Gasteiger partial charge in [-0.3, -0.25) is 4.68 Å². The number of alkyl halides is 1. The van der Waals surface area contributed by atoms with Crippen molar-refractivity contribution in [2.75, 3.05) is 0 Å². The van der Waals surface area contributed by atoms with Gasteiger partial charge in [0.15, 0.2) is 0 Å². The number of fused-ring (bicyclic) bond motifs is 1. The molecule has 1 unspecified atom stereocenters. The Kier molecular flexibility index (Phi) is 3.76. The smallest absolute Gasteiger partial charge is 0.145 e. The lowest BCUT2D eigenvalue weighted by Gasteiger charge is -2.08. The molecule has 0 aliphatic carbocycles. The summed E-state index contributed by atoms with van der Waals surface area (Å²) < 4.78 is 16.9. The maximum absolute atomic E-state index is 14.3. The van der Waals surface area contributed by atoms with Crippen molar-refractivity contribution in [1.29, 1.82) is 0 Å². The Balaban J connectivity index is 1.85. The molecule has 0 fully saturated rings. The Morgan fingerprint density at radius 2 is 1.95 bits per heavy atom. The van der Waals surface area contributed by atoms with Crippen molar-refractivity contribution in [3.05, 3.63) is 63.7 Å². The first kappa shape index (κ1) is 13.6. The van der Waals surface area contributed by atoms with E-state index in [-0.39, 0.29) is 6.54 Å². The first-order valence-corrected chi connectivity index (χ1v) is 7.32. The normalized spacial score (nSPS) is 12.8. The fraction of sp³-hybridized carbons (Fsp3) is 0.133. The molecule has 0 N–H and O–H groups in total. The van der Waals surface area contributed by atoms with Gasteiger partial charge in [-0.25, -0.2) is 4.39 Å². The molecule has 2 aromatic carbocycles. The lowest BCUT2D eigenvalue weighted by Crippen LogP contribution is -2.05. The van der Waals surface area contributed by atoms with Gasteiger partial charge in [-0.15, -0.1) is 0 Å². The van der Waals surface area contributed by atoms with Crippen LogP contribution in [0.5, 0.6) is 0 Å². The zero-order valence-corrected chi connectivity index (χ0v) is 12.8. The molecule has 0 bridgehead atoms. The summed E-state index contributed by atoms with van der Waals surface area (Å²) in [6.45, 7) is 0.183. The van der Waals surface area contributed by atoms with Crippen molar-refractivity contribution in [3.8, 4) is 0 Å². The maximum Gasteiger partial charge on any atom is 0.145 e. The molecule has 0 amide bonds. The standard InChI is InChI=1S/C15H11BrClFN2/c16-13-2-1-3-15-12(13)8-20(19-15)9-14(18)10-4-6-11(17)7-5-10/h1-8,14H,9H2. The summed E-state index contributed by atoms with van der Waals surface area (Å²) in [5, 5.41) is 5.97. The molecule has 5 heteroatoms. The minimum absolute atomic E-state index is 0.183. The first-order chi connectivity index (χ1) is 9.63. The van der Waals surface area contributed by atoms with Gasteiger partial charge in [0.1, 0.15) is 6.17 Å². The minimum Gasteiger partial charge on any atom is -0.268 e. The molecule has 0 radical (unpaired) electrons. The van der Waals surface area contributed by atoms with E-state index in [1.165, 1.54) is 0 Å². The molecule has 20 heavy (non-hydrogen) atoms. The average molecular weight is 354 g/mol. The van der Waals surface area contributed by atoms with Crippen LogP contribution in [-0.2, 0) is 6.54 Å². The number of aromatic nitrogens is 2. The Bertz CT molecular complexity index is 739. The van der Waals surface area contributed by atoms with Gasteiger partial charge in [0.05, 0.1) is 12.1 Å². The summed E-state index contributed by atoms with van der Waals surface area (Å²) in [5.74, 6) is 0. The number of nitrogens with zero attached hydrogens (tertiary/aromatic N) is 2. The van der Waals surface area contributed by atoms with E-state index in [9.17, 15) is 4.39 Å². The van der Waals surface area contributed by atoms with Crippen molar-refractivity contribution in [2.45, 2.75) is 12.7 Å². The van der Waals surface area contributed by atoms with E-state index in [0.29, 0.717) is 10.6 Å². The fourth-order valence-corrected chi connectivity index (χ4v) is 2.68. The van der Waals surface area contributed by atoms with E-state index in [0.717, 1.165) is 15.4 Å². The van der Waals surface area contributed by atoms with Crippen molar-refractivity contribution < 1.29 is 4.39 Å². The highest BCUT2D eigenvalue weighted by atomic mass is 79.9. The van der Waals surface area contributed by atoms with E-state index >= 15 is 0 Å². The number of benzene rings is 2. The Hall–Kier alpha value is -1.39. The molecule has 0 saturated heterocycles. The third-order valence-electron chi connectivity index (χ3n) is 3.12. The summed E-state index contributed by atoms with van der Waals surface area (Å²) >= 11 is 9.27. The largest absolute Gasteiger partial charge is 0.268 e. The van der Waals surface area contributed by atoms with Crippen LogP contribution in [-0.4, -0.2) is 9.78 Å². The molecule has 0 saturated carbocycles. The van der Waals surface area contributed by atoms with Gasteiger partial charge in [0.25, 0.3) is 0 Å². The zero-order chi connectivity index (χ0) is 14.1. The van der Waals surface area contributed by atoms with Crippen LogP contribution in [0.1, 0.15) is 11.7 Å². The van der Waals surface area contributed by atoms with Gasteiger partial charge in [0.2, 0.25) is 0 Å². The molecule has 3 aromatic rings. The van der Waals surface area contributed by atoms with Gasteiger partial charge in [-0.1, -0.05) is 45.7 Å². The second-order valence-corrected chi connectivity index (χ2v) is 5.83. The Labute approximate surface area is 129 Å². The Morgan fingerprint density at radius 3 is 2.65 bits per heavy atom. The summed E-state index contributed by atoms with van der Waals surface area (Å²) in [6.07, 6.45) is 0.738. The van der Waals surface area contributed by atoms with Crippen LogP contribution in [0.25, 0.3) is 10.9 Å². The molecule has 1 heterocycles. The predicted octanol–water partition coefficient (Wildman–Crippen LogP) is 5.16. The third-order valence-corrected chi connectivity index (χ3v) is 4.07. The molecule has 2 nitrogen and oxygen atoms in total. The molecule has 102 valence electrons. The number of halogens is 3. The third kappa shape index (κ3) is 2.72. The Morgan fingerprint density at radius 1 is 1.20 bits per heavy atom. The van der Waals surface area contributed by atoms with Crippen LogP contribution < -0.4 is 0 Å². The summed E-state index contributed by atoms with van der Waals surface area (Å²) in [7, 11) is 0. The lowest BCUT2D eigenvalue weighted by atomic mass is 10.1. The topological polar surface area (TPSA) is 17.8 Å². The van der Waals surface area contributed by atoms with Crippen molar-refractivity contribution in [1.82, 2.24) is 9.78 Å². The van der Waals surface area contributed by atoms with Crippen LogP contribution in [0.15, 0.2) is 53.1 Å². The molecular formula is C15H11BrClFN2.